The van der Waals surface area contributed by atoms with Crippen LogP contribution in [0, 0.1) is 0 Å². The first-order valence-electron chi connectivity index (χ1n) is 21.4. The molecule has 6 aromatic rings. The smallest absolute Gasteiger partial charge is 0.256 e. The zero-order chi connectivity index (χ0) is 42.0. The number of nitrogens with one attached hydrogen (secondary N) is 2. The Labute approximate surface area is 359 Å². The van der Waals surface area contributed by atoms with Crippen molar-refractivity contribution in [3.05, 3.63) is 203 Å². The maximum absolute atomic E-state index is 7.16. The van der Waals surface area contributed by atoms with Crippen LogP contribution in [0.4, 0.5) is 0 Å². The summed E-state index contributed by atoms with van der Waals surface area (Å²) in [5.41, 5.74) is 11.6. The zero-order valence-corrected chi connectivity index (χ0v) is 36.5. The third-order valence-corrected chi connectivity index (χ3v) is 12.1. The predicted molar refractivity (Wildman–Crippen MR) is 247 cm³/mol. The van der Waals surface area contributed by atoms with Gasteiger partial charge in [-0.15, -0.1) is 0 Å². The molecule has 8 heteroatoms. The van der Waals surface area contributed by atoms with Crippen LogP contribution in [0.1, 0.15) is 98.6 Å². The Balaban J connectivity index is 1.43. The van der Waals surface area contributed by atoms with E-state index in [1.165, 1.54) is 0 Å². The molecule has 6 rings (SSSR count). The fourth-order valence-electron chi connectivity index (χ4n) is 8.33. The van der Waals surface area contributed by atoms with E-state index in [0.717, 1.165) is 96.2 Å². The summed E-state index contributed by atoms with van der Waals surface area (Å²) in [5.74, 6) is 1.54. The minimum Gasteiger partial charge on any atom is -0.496 e. The molecule has 60 heavy (non-hydrogen) atoms. The fraction of sp³-hybridized carbons (Fsp3) is 0.308. The first-order valence-corrected chi connectivity index (χ1v) is 22.7. The van der Waals surface area contributed by atoms with Crippen molar-refractivity contribution >= 4 is 8.53 Å². The summed E-state index contributed by atoms with van der Waals surface area (Å²) in [6.07, 6.45) is 6.60. The molecule has 2 unspecified atom stereocenters. The van der Waals surface area contributed by atoms with E-state index in [1.54, 1.807) is 14.2 Å². The van der Waals surface area contributed by atoms with E-state index in [1.807, 2.05) is 48.5 Å². The molecule has 0 heterocycles. The summed E-state index contributed by atoms with van der Waals surface area (Å²) in [6.45, 7) is 4.44. The molecule has 0 spiro atoms. The predicted octanol–water partition coefficient (Wildman–Crippen LogP) is 12.2. The Morgan fingerprint density at radius 1 is 0.450 bits per heavy atom. The van der Waals surface area contributed by atoms with Gasteiger partial charge < -0.3 is 18.5 Å². The van der Waals surface area contributed by atoms with Crippen LogP contribution in [0.25, 0.3) is 0 Å². The van der Waals surface area contributed by atoms with Crippen LogP contribution in [0.5, 0.6) is 11.5 Å². The molecule has 0 fully saturated rings. The molecule has 0 aromatic heterocycles. The highest BCUT2D eigenvalue weighted by Crippen LogP contribution is 2.46. The largest absolute Gasteiger partial charge is 0.496 e. The molecule has 0 aliphatic heterocycles. The van der Waals surface area contributed by atoms with Crippen LogP contribution in [0.3, 0.4) is 0 Å². The lowest BCUT2D eigenvalue weighted by Crippen LogP contribution is -2.52. The van der Waals surface area contributed by atoms with Crippen molar-refractivity contribution in [3.8, 4) is 11.5 Å². The first kappa shape index (κ1) is 44.7. The van der Waals surface area contributed by atoms with Gasteiger partial charge in [0.25, 0.3) is 8.53 Å². The zero-order valence-electron chi connectivity index (χ0n) is 35.6. The molecule has 0 aliphatic rings. The molecule has 4 N–H and O–H groups in total. The molecular weight excluding hydrogens is 762 g/mol. The molecule has 0 amide bonds. The van der Waals surface area contributed by atoms with Crippen LogP contribution in [-0.2, 0) is 20.1 Å². The molecule has 314 valence electrons. The second-order valence-electron chi connectivity index (χ2n) is 15.1. The number of benzene rings is 6. The van der Waals surface area contributed by atoms with E-state index in [9.17, 15) is 0 Å². The van der Waals surface area contributed by atoms with Crippen molar-refractivity contribution in [2.45, 2.75) is 88.7 Å². The number of methoxy groups -OCH3 is 2. The number of ether oxygens (including phenoxy) is 2. The Hall–Kier alpha value is -4.85. The second-order valence-corrected chi connectivity index (χ2v) is 16.1. The van der Waals surface area contributed by atoms with Gasteiger partial charge in [0.05, 0.1) is 14.2 Å². The van der Waals surface area contributed by atoms with Gasteiger partial charge >= 0.3 is 0 Å². The second kappa shape index (κ2) is 22.7. The minimum atomic E-state index is -1.93. The maximum atomic E-state index is 7.16. The van der Waals surface area contributed by atoms with Gasteiger partial charge in [0.2, 0.25) is 0 Å². The van der Waals surface area contributed by atoms with Gasteiger partial charge in [0.15, 0.2) is 0 Å². The highest BCUT2D eigenvalue weighted by atomic mass is 31.2. The Kier molecular flexibility index (Phi) is 16.9. The lowest BCUT2D eigenvalue weighted by molar-refractivity contribution is 0.0754. The molecule has 2 atom stereocenters. The quantitative estimate of drug-likeness (QED) is 0.0242. The molecule has 0 aliphatic carbocycles. The summed E-state index contributed by atoms with van der Waals surface area (Å²) in [6, 6.07) is 58.6. The topological polar surface area (TPSA) is 87.0 Å². The normalized spacial score (nSPS) is 13.3. The Morgan fingerprint density at radius 3 is 1.05 bits per heavy atom. The van der Waals surface area contributed by atoms with Crippen LogP contribution in [0.2, 0.25) is 0 Å². The van der Waals surface area contributed by atoms with Crippen molar-refractivity contribution in [1.29, 1.82) is 0 Å². The van der Waals surface area contributed by atoms with E-state index >= 15 is 0 Å². The van der Waals surface area contributed by atoms with Gasteiger partial charge in [0, 0.05) is 11.1 Å². The summed E-state index contributed by atoms with van der Waals surface area (Å²) in [7, 11) is 1.52. The van der Waals surface area contributed by atoms with Crippen molar-refractivity contribution in [1.82, 2.24) is 10.6 Å². The summed E-state index contributed by atoms with van der Waals surface area (Å²) >= 11 is 0. The number of hydrogen-bond acceptors (Lipinski definition) is 7. The van der Waals surface area contributed by atoms with Crippen LogP contribution < -0.4 is 25.6 Å². The summed E-state index contributed by atoms with van der Waals surface area (Å²) < 4.78 is 26.2. The van der Waals surface area contributed by atoms with E-state index in [-0.39, 0.29) is 0 Å². The van der Waals surface area contributed by atoms with Crippen LogP contribution in [-0.4, -0.2) is 26.7 Å². The van der Waals surface area contributed by atoms with Gasteiger partial charge in [0.1, 0.15) is 35.0 Å². The van der Waals surface area contributed by atoms with Crippen molar-refractivity contribution < 1.29 is 18.5 Å². The van der Waals surface area contributed by atoms with E-state index in [4.69, 9.17) is 24.0 Å². The third kappa shape index (κ3) is 10.5. The average molecular weight is 824 g/mol. The summed E-state index contributed by atoms with van der Waals surface area (Å²) in [4.78, 5) is 0. The lowest BCUT2D eigenvalue weighted by Gasteiger charge is -2.42. The third-order valence-electron chi connectivity index (χ3n) is 11.2. The number of rotatable bonds is 24. The lowest BCUT2D eigenvalue weighted by atomic mass is 9.76. The van der Waals surface area contributed by atoms with Crippen LogP contribution in [0.15, 0.2) is 170 Å². The SMILES string of the molecule is CCCCCC(NC(c1ccccc1)(c1ccccc1)c1ccccc1OC)OP(N)OC(CCCCC)NC(c1ccccc1)(c1ccccc1)c1ccccc1OC. The van der Waals surface area contributed by atoms with E-state index in [2.05, 4.69) is 146 Å². The Morgan fingerprint density at radius 2 is 0.750 bits per heavy atom. The molecular formula is C52H62N3O4P. The standard InChI is InChI=1S/C52H62N3O4P/c1-5-7-13-39-49(54-51(41-27-15-9-16-28-41,42-29-17-10-18-30-42)45-35-23-25-37-47(45)56-3)58-60(53)59-50(40-14-8-6-2)55-52(43-31-19-11-20-32-43,44-33-21-12-22-34-44)46-36-24-26-38-48(46)57-4/h9-12,15-38,49-50,54-55H,5-8,13-14,39-40,53H2,1-4H3. The molecule has 0 bridgehead atoms. The fourth-order valence-corrected chi connectivity index (χ4v) is 9.19. The number of nitrogens with two attached hydrogens (primary N) is 1. The maximum Gasteiger partial charge on any atom is 0.256 e. The highest BCUT2D eigenvalue weighted by molar-refractivity contribution is 7.44. The van der Waals surface area contributed by atoms with Crippen molar-refractivity contribution in [2.24, 2.45) is 5.50 Å². The van der Waals surface area contributed by atoms with Crippen molar-refractivity contribution in [3.63, 3.8) is 0 Å². The molecule has 7 nitrogen and oxygen atoms in total. The molecule has 0 saturated carbocycles. The van der Waals surface area contributed by atoms with Gasteiger partial charge in [-0.05, 0) is 60.1 Å². The number of unbranched alkanes of at least 4 members (excludes halogenated alkanes) is 4. The average Bonchev–Trinajstić information content (AvgIpc) is 3.31. The Bertz CT molecular complexity index is 1890. The highest BCUT2D eigenvalue weighted by Gasteiger charge is 2.43. The van der Waals surface area contributed by atoms with Gasteiger partial charge in [-0.1, -0.05) is 197 Å². The van der Waals surface area contributed by atoms with Gasteiger partial charge in [-0.2, -0.15) is 0 Å². The van der Waals surface area contributed by atoms with E-state index in [0.29, 0.717) is 0 Å². The van der Waals surface area contributed by atoms with E-state index < -0.39 is 32.1 Å². The minimum absolute atomic E-state index is 0.489. The first-order chi connectivity index (χ1) is 29.5. The van der Waals surface area contributed by atoms with Gasteiger partial charge in [-0.25, -0.2) is 0 Å². The number of hydrogen-bond donors (Lipinski definition) is 3. The molecule has 0 radical (unpaired) electrons. The molecule has 0 saturated heterocycles. The van der Waals surface area contributed by atoms with Crippen LogP contribution >= 0.6 is 8.53 Å². The molecule has 6 aromatic carbocycles. The summed E-state index contributed by atoms with van der Waals surface area (Å²) in [5, 5.41) is 8.13. The number of para-hydroxylation sites is 2. The van der Waals surface area contributed by atoms with Crippen molar-refractivity contribution in [2.75, 3.05) is 14.2 Å². The monoisotopic (exact) mass is 823 g/mol. The van der Waals surface area contributed by atoms with Gasteiger partial charge in [-0.3, -0.25) is 16.1 Å².